The van der Waals surface area contributed by atoms with Gasteiger partial charge in [0.05, 0.1) is 10.2 Å². The van der Waals surface area contributed by atoms with Crippen LogP contribution in [0.5, 0.6) is 0 Å². The van der Waals surface area contributed by atoms with Crippen LogP contribution in [0.15, 0.2) is 10.5 Å². The van der Waals surface area contributed by atoms with Crippen molar-refractivity contribution in [2.75, 3.05) is 6.54 Å². The van der Waals surface area contributed by atoms with Gasteiger partial charge in [-0.25, -0.2) is 8.78 Å². The fourth-order valence-corrected chi connectivity index (χ4v) is 3.78. The maximum Gasteiger partial charge on any atom is 0.435 e. The Bertz CT molecular complexity index is 888. The van der Waals surface area contributed by atoms with Crippen molar-refractivity contribution in [3.8, 4) is 0 Å². The summed E-state index contributed by atoms with van der Waals surface area (Å²) >= 11 is 3.16. The molecular formula is C17H19BrF5N5O. The lowest BCUT2D eigenvalue weighted by molar-refractivity contribution is -0.141. The molecule has 3 rings (SSSR count). The van der Waals surface area contributed by atoms with Gasteiger partial charge in [-0.05, 0) is 48.2 Å². The van der Waals surface area contributed by atoms with Gasteiger partial charge in [0.25, 0.3) is 6.43 Å². The summed E-state index contributed by atoms with van der Waals surface area (Å²) in [6.07, 6.45) is -5.16. The van der Waals surface area contributed by atoms with E-state index in [4.69, 9.17) is 0 Å². The van der Waals surface area contributed by atoms with Gasteiger partial charge in [-0.3, -0.25) is 14.2 Å². The van der Waals surface area contributed by atoms with Crippen molar-refractivity contribution in [2.24, 2.45) is 0 Å². The van der Waals surface area contributed by atoms with Crippen LogP contribution in [0, 0.1) is 6.92 Å². The minimum Gasteiger partial charge on any atom is -0.354 e. The minimum atomic E-state index is -4.50. The SMILES string of the molecule is Cc1cc(C(F)(F)F)nn1CCCNC(=O)Cn1nc(C(F)F)c(Br)c1C1CC1. The van der Waals surface area contributed by atoms with E-state index in [0.29, 0.717) is 17.8 Å². The van der Waals surface area contributed by atoms with Crippen LogP contribution >= 0.6 is 15.9 Å². The van der Waals surface area contributed by atoms with Crippen LogP contribution in [0.2, 0.25) is 0 Å². The molecule has 2 aromatic rings. The Morgan fingerprint density at radius 1 is 1.31 bits per heavy atom. The van der Waals surface area contributed by atoms with Crippen LogP contribution in [0.1, 0.15) is 54.4 Å². The van der Waals surface area contributed by atoms with Gasteiger partial charge in [0.15, 0.2) is 5.69 Å². The van der Waals surface area contributed by atoms with E-state index in [-0.39, 0.29) is 35.7 Å². The van der Waals surface area contributed by atoms with E-state index >= 15 is 0 Å². The molecule has 2 aromatic heterocycles. The Morgan fingerprint density at radius 3 is 2.55 bits per heavy atom. The summed E-state index contributed by atoms with van der Waals surface area (Å²) in [6.45, 7) is 1.74. The number of nitrogens with one attached hydrogen (secondary N) is 1. The maximum absolute atomic E-state index is 13.1. The van der Waals surface area contributed by atoms with Crippen LogP contribution in [0.25, 0.3) is 0 Å². The first-order chi connectivity index (χ1) is 13.6. The average Bonchev–Trinajstić information content (AvgIpc) is 3.29. The summed E-state index contributed by atoms with van der Waals surface area (Å²) in [5.41, 5.74) is -0.360. The lowest BCUT2D eigenvalue weighted by Gasteiger charge is -2.09. The summed E-state index contributed by atoms with van der Waals surface area (Å²) in [6, 6.07) is 0.966. The molecule has 0 bridgehead atoms. The summed E-state index contributed by atoms with van der Waals surface area (Å²) in [5, 5.41) is 10.0. The van der Waals surface area contributed by atoms with Crippen molar-refractivity contribution < 1.29 is 26.7 Å². The number of hydrogen-bond donors (Lipinski definition) is 1. The highest BCUT2D eigenvalue weighted by atomic mass is 79.9. The van der Waals surface area contributed by atoms with Crippen molar-refractivity contribution in [3.05, 3.63) is 33.3 Å². The molecule has 0 aliphatic heterocycles. The number of aryl methyl sites for hydroxylation is 2. The Morgan fingerprint density at radius 2 is 2.00 bits per heavy atom. The topological polar surface area (TPSA) is 64.7 Å². The molecule has 1 amide bonds. The summed E-state index contributed by atoms with van der Waals surface area (Å²) < 4.78 is 66.9. The van der Waals surface area contributed by atoms with E-state index in [0.717, 1.165) is 18.9 Å². The fourth-order valence-electron chi connectivity index (χ4n) is 3.00. The lowest BCUT2D eigenvalue weighted by atomic mass is 10.2. The zero-order valence-electron chi connectivity index (χ0n) is 15.4. The highest BCUT2D eigenvalue weighted by molar-refractivity contribution is 9.10. The van der Waals surface area contributed by atoms with Gasteiger partial charge >= 0.3 is 6.18 Å². The highest BCUT2D eigenvalue weighted by Crippen LogP contribution is 2.45. The molecule has 0 radical (unpaired) electrons. The molecule has 0 atom stereocenters. The molecule has 12 heteroatoms. The molecule has 1 aliphatic rings. The third-order valence-corrected chi connectivity index (χ3v) is 5.37. The second kappa shape index (κ2) is 8.41. The average molecular weight is 484 g/mol. The van der Waals surface area contributed by atoms with Crippen molar-refractivity contribution in [3.63, 3.8) is 0 Å². The fraction of sp³-hybridized carbons (Fsp3) is 0.588. The van der Waals surface area contributed by atoms with E-state index < -0.39 is 24.2 Å². The smallest absolute Gasteiger partial charge is 0.354 e. The van der Waals surface area contributed by atoms with Crippen molar-refractivity contribution in [1.29, 1.82) is 0 Å². The van der Waals surface area contributed by atoms with E-state index in [1.54, 1.807) is 0 Å². The number of alkyl halides is 5. The molecule has 0 aromatic carbocycles. The van der Waals surface area contributed by atoms with Gasteiger partial charge in [-0.2, -0.15) is 23.4 Å². The van der Waals surface area contributed by atoms with Crippen LogP contribution < -0.4 is 5.32 Å². The number of amides is 1. The van der Waals surface area contributed by atoms with Gasteiger partial charge in [0.2, 0.25) is 5.91 Å². The minimum absolute atomic E-state index is 0.114. The van der Waals surface area contributed by atoms with Gasteiger partial charge in [-0.1, -0.05) is 0 Å². The normalized spacial score (nSPS) is 14.6. The molecular weight excluding hydrogens is 465 g/mol. The first-order valence-electron chi connectivity index (χ1n) is 9.00. The van der Waals surface area contributed by atoms with Crippen molar-refractivity contribution in [2.45, 2.75) is 57.8 Å². The molecule has 29 heavy (non-hydrogen) atoms. The lowest BCUT2D eigenvalue weighted by Crippen LogP contribution is -2.30. The first-order valence-corrected chi connectivity index (χ1v) is 9.79. The summed E-state index contributed by atoms with van der Waals surface area (Å²) in [4.78, 5) is 12.2. The molecule has 0 spiro atoms. The standard InChI is InChI=1S/C17H19BrF5N5O/c1-9-7-11(17(21,22)23)25-27(9)6-2-5-24-12(29)8-28-15(10-3-4-10)13(18)14(26-28)16(19)20/h7,10,16H,2-6,8H2,1H3,(H,24,29). The zero-order chi connectivity index (χ0) is 21.3. The molecule has 2 heterocycles. The van der Waals surface area contributed by atoms with E-state index in [9.17, 15) is 26.7 Å². The van der Waals surface area contributed by atoms with E-state index in [2.05, 4.69) is 31.4 Å². The molecule has 1 fully saturated rings. The Kier molecular flexibility index (Phi) is 6.30. The Labute approximate surface area is 171 Å². The summed E-state index contributed by atoms with van der Waals surface area (Å²) in [7, 11) is 0. The summed E-state index contributed by atoms with van der Waals surface area (Å²) in [5.74, 6) is -0.293. The van der Waals surface area contributed by atoms with Crippen LogP contribution in [0.3, 0.4) is 0 Å². The number of carbonyl (C=O) groups excluding carboxylic acids is 1. The van der Waals surface area contributed by atoms with Crippen LogP contribution in [0.4, 0.5) is 22.0 Å². The number of halogens is 6. The Balaban J connectivity index is 1.52. The molecule has 160 valence electrons. The third-order valence-electron chi connectivity index (χ3n) is 4.56. The predicted molar refractivity (Wildman–Crippen MR) is 96.5 cm³/mol. The monoisotopic (exact) mass is 483 g/mol. The van der Waals surface area contributed by atoms with E-state index in [1.165, 1.54) is 16.3 Å². The highest BCUT2D eigenvalue weighted by Gasteiger charge is 2.35. The predicted octanol–water partition coefficient (Wildman–Crippen LogP) is 4.19. The number of carbonyl (C=O) groups is 1. The van der Waals surface area contributed by atoms with Gasteiger partial charge in [0, 0.05) is 24.7 Å². The number of hydrogen-bond acceptors (Lipinski definition) is 3. The second-order valence-electron chi connectivity index (χ2n) is 6.91. The van der Waals surface area contributed by atoms with Crippen LogP contribution in [-0.2, 0) is 24.1 Å². The van der Waals surface area contributed by atoms with E-state index in [1.807, 2.05) is 0 Å². The van der Waals surface area contributed by atoms with Gasteiger partial charge < -0.3 is 5.32 Å². The molecule has 1 saturated carbocycles. The van der Waals surface area contributed by atoms with Gasteiger partial charge in [0.1, 0.15) is 12.2 Å². The molecule has 0 saturated heterocycles. The number of rotatable bonds is 8. The Hall–Kier alpha value is -1.98. The number of nitrogens with zero attached hydrogens (tertiary/aromatic N) is 4. The second-order valence-corrected chi connectivity index (χ2v) is 7.71. The largest absolute Gasteiger partial charge is 0.435 e. The van der Waals surface area contributed by atoms with Crippen molar-refractivity contribution in [1.82, 2.24) is 24.9 Å². The molecule has 1 aliphatic carbocycles. The van der Waals surface area contributed by atoms with Gasteiger partial charge in [-0.15, -0.1) is 0 Å². The quantitative estimate of drug-likeness (QED) is 0.452. The maximum atomic E-state index is 13.1. The molecule has 0 unspecified atom stereocenters. The first kappa shape index (κ1) is 21.7. The molecule has 1 N–H and O–H groups in total. The number of aromatic nitrogens is 4. The van der Waals surface area contributed by atoms with Crippen LogP contribution in [-0.4, -0.2) is 32.0 Å². The third kappa shape index (κ3) is 5.14. The zero-order valence-corrected chi connectivity index (χ0v) is 17.0. The molecule has 6 nitrogen and oxygen atoms in total. The van der Waals surface area contributed by atoms with Crippen molar-refractivity contribution >= 4 is 21.8 Å².